The molecular formula is C11H13ClINO2. The SMILES string of the molecule is CC(C)C(Nc1ccc(I)cc1Cl)C(=O)O. The third-order valence-electron chi connectivity index (χ3n) is 2.17. The third-order valence-corrected chi connectivity index (χ3v) is 3.16. The predicted molar refractivity (Wildman–Crippen MR) is 74.1 cm³/mol. The van der Waals surface area contributed by atoms with Crippen LogP contribution in [-0.4, -0.2) is 17.1 Å². The minimum atomic E-state index is -0.871. The van der Waals surface area contributed by atoms with Crippen LogP contribution in [0.25, 0.3) is 0 Å². The van der Waals surface area contributed by atoms with Crippen LogP contribution in [-0.2, 0) is 4.79 Å². The Bertz CT molecular complexity index is 396. The Morgan fingerprint density at radius 3 is 2.56 bits per heavy atom. The van der Waals surface area contributed by atoms with Crippen LogP contribution >= 0.6 is 34.2 Å². The molecule has 0 saturated heterocycles. The Hall–Kier alpha value is -0.490. The molecule has 0 heterocycles. The number of carboxylic acids is 1. The number of hydrogen-bond donors (Lipinski definition) is 2. The first-order valence-electron chi connectivity index (χ1n) is 4.86. The van der Waals surface area contributed by atoms with Gasteiger partial charge in [-0.1, -0.05) is 25.4 Å². The number of nitrogens with one attached hydrogen (secondary N) is 1. The maximum Gasteiger partial charge on any atom is 0.326 e. The number of benzene rings is 1. The molecule has 3 nitrogen and oxygen atoms in total. The first kappa shape index (κ1) is 13.6. The molecule has 2 N–H and O–H groups in total. The molecule has 1 aromatic carbocycles. The van der Waals surface area contributed by atoms with Crippen molar-refractivity contribution in [2.45, 2.75) is 19.9 Å². The van der Waals surface area contributed by atoms with Crippen LogP contribution in [0.1, 0.15) is 13.8 Å². The minimum absolute atomic E-state index is 0.00663. The molecule has 5 heteroatoms. The molecule has 0 fully saturated rings. The molecule has 0 aliphatic carbocycles. The number of anilines is 1. The molecule has 0 spiro atoms. The van der Waals surface area contributed by atoms with Gasteiger partial charge in [-0.25, -0.2) is 4.79 Å². The van der Waals surface area contributed by atoms with Crippen molar-refractivity contribution >= 4 is 45.8 Å². The topological polar surface area (TPSA) is 49.3 Å². The van der Waals surface area contributed by atoms with E-state index in [9.17, 15) is 4.79 Å². The lowest BCUT2D eigenvalue weighted by Crippen LogP contribution is -2.34. The molecule has 0 aliphatic rings. The maximum absolute atomic E-state index is 11.0. The fraction of sp³-hybridized carbons (Fsp3) is 0.364. The normalized spacial score (nSPS) is 12.6. The third kappa shape index (κ3) is 3.52. The molecule has 16 heavy (non-hydrogen) atoms. The number of aliphatic carboxylic acids is 1. The second-order valence-electron chi connectivity index (χ2n) is 3.83. The molecule has 1 rings (SSSR count). The van der Waals surface area contributed by atoms with Crippen molar-refractivity contribution in [2.75, 3.05) is 5.32 Å². The van der Waals surface area contributed by atoms with E-state index in [0.717, 1.165) is 3.57 Å². The van der Waals surface area contributed by atoms with Gasteiger partial charge in [0.1, 0.15) is 6.04 Å². The van der Waals surface area contributed by atoms with E-state index in [2.05, 4.69) is 27.9 Å². The van der Waals surface area contributed by atoms with Crippen molar-refractivity contribution in [1.29, 1.82) is 0 Å². The number of carbonyl (C=O) groups is 1. The van der Waals surface area contributed by atoms with E-state index in [-0.39, 0.29) is 5.92 Å². The lowest BCUT2D eigenvalue weighted by Gasteiger charge is -2.19. The molecule has 88 valence electrons. The monoisotopic (exact) mass is 353 g/mol. The van der Waals surface area contributed by atoms with Crippen LogP contribution in [0.15, 0.2) is 18.2 Å². The van der Waals surface area contributed by atoms with E-state index in [0.29, 0.717) is 10.7 Å². The standard InChI is InChI=1S/C11H13ClINO2/c1-6(2)10(11(15)16)14-9-4-3-7(13)5-8(9)12/h3-6,10,14H,1-2H3,(H,15,16). The average Bonchev–Trinajstić information content (AvgIpc) is 2.15. The summed E-state index contributed by atoms with van der Waals surface area (Å²) in [5.74, 6) is -0.877. The van der Waals surface area contributed by atoms with Gasteiger partial charge in [0.25, 0.3) is 0 Å². The lowest BCUT2D eigenvalue weighted by molar-refractivity contribution is -0.138. The summed E-state index contributed by atoms with van der Waals surface area (Å²) in [7, 11) is 0. The minimum Gasteiger partial charge on any atom is -0.480 e. The van der Waals surface area contributed by atoms with E-state index < -0.39 is 12.0 Å². The summed E-state index contributed by atoms with van der Waals surface area (Å²) >= 11 is 8.18. The molecule has 1 atom stereocenters. The van der Waals surface area contributed by atoms with Crippen molar-refractivity contribution < 1.29 is 9.90 Å². The smallest absolute Gasteiger partial charge is 0.326 e. The van der Waals surface area contributed by atoms with Crippen molar-refractivity contribution in [1.82, 2.24) is 0 Å². The molecular weight excluding hydrogens is 340 g/mol. The van der Waals surface area contributed by atoms with Crippen molar-refractivity contribution in [3.63, 3.8) is 0 Å². The van der Waals surface area contributed by atoms with E-state index in [1.54, 1.807) is 12.1 Å². The molecule has 0 saturated carbocycles. The number of hydrogen-bond acceptors (Lipinski definition) is 2. The van der Waals surface area contributed by atoms with E-state index in [1.165, 1.54) is 0 Å². The van der Waals surface area contributed by atoms with Gasteiger partial charge in [-0.2, -0.15) is 0 Å². The highest BCUT2D eigenvalue weighted by molar-refractivity contribution is 14.1. The first-order valence-corrected chi connectivity index (χ1v) is 6.32. The Balaban J connectivity index is 2.90. The second-order valence-corrected chi connectivity index (χ2v) is 5.48. The summed E-state index contributed by atoms with van der Waals surface area (Å²) in [5, 5.41) is 12.5. The molecule has 1 unspecified atom stereocenters. The van der Waals surface area contributed by atoms with Crippen LogP contribution in [0.4, 0.5) is 5.69 Å². The van der Waals surface area contributed by atoms with E-state index in [4.69, 9.17) is 16.7 Å². The zero-order chi connectivity index (χ0) is 12.3. The summed E-state index contributed by atoms with van der Waals surface area (Å²) in [4.78, 5) is 11.0. The second kappa shape index (κ2) is 5.72. The van der Waals surface area contributed by atoms with Crippen LogP contribution in [0, 0.1) is 9.49 Å². The van der Waals surface area contributed by atoms with Gasteiger partial charge >= 0.3 is 5.97 Å². The lowest BCUT2D eigenvalue weighted by atomic mass is 10.0. The van der Waals surface area contributed by atoms with Gasteiger partial charge in [0.2, 0.25) is 0 Å². The quantitative estimate of drug-likeness (QED) is 0.815. The van der Waals surface area contributed by atoms with Gasteiger partial charge in [0, 0.05) is 3.57 Å². The Morgan fingerprint density at radius 1 is 1.50 bits per heavy atom. The molecule has 1 aromatic rings. The summed E-state index contributed by atoms with van der Waals surface area (Å²) in [6.45, 7) is 3.71. The van der Waals surface area contributed by atoms with Gasteiger partial charge in [-0.3, -0.25) is 0 Å². The van der Waals surface area contributed by atoms with Gasteiger partial charge < -0.3 is 10.4 Å². The number of halogens is 2. The largest absolute Gasteiger partial charge is 0.480 e. The highest BCUT2D eigenvalue weighted by Crippen LogP contribution is 2.25. The number of carboxylic acid groups (broad SMARTS) is 1. The van der Waals surface area contributed by atoms with E-state index in [1.807, 2.05) is 19.9 Å². The van der Waals surface area contributed by atoms with Crippen molar-refractivity contribution in [3.8, 4) is 0 Å². The summed E-state index contributed by atoms with van der Waals surface area (Å²) in [5.41, 5.74) is 0.656. The first-order chi connectivity index (χ1) is 7.41. The van der Waals surface area contributed by atoms with Crippen LogP contribution < -0.4 is 5.32 Å². The predicted octanol–water partition coefficient (Wildman–Crippen LogP) is 3.47. The van der Waals surface area contributed by atoms with E-state index >= 15 is 0 Å². The van der Waals surface area contributed by atoms with Crippen molar-refractivity contribution in [3.05, 3.63) is 26.8 Å². The van der Waals surface area contributed by atoms with Crippen LogP contribution in [0.5, 0.6) is 0 Å². The van der Waals surface area contributed by atoms with Gasteiger partial charge in [0.05, 0.1) is 10.7 Å². The van der Waals surface area contributed by atoms with Crippen LogP contribution in [0.3, 0.4) is 0 Å². The molecule has 0 bridgehead atoms. The Labute approximate surface area is 113 Å². The summed E-state index contributed by atoms with van der Waals surface area (Å²) in [6.07, 6.45) is 0. The zero-order valence-electron chi connectivity index (χ0n) is 9.00. The fourth-order valence-electron chi connectivity index (χ4n) is 1.29. The molecule has 0 amide bonds. The Kier molecular flexibility index (Phi) is 4.86. The molecule has 0 aromatic heterocycles. The highest BCUT2D eigenvalue weighted by Gasteiger charge is 2.21. The zero-order valence-corrected chi connectivity index (χ0v) is 11.9. The van der Waals surface area contributed by atoms with Gasteiger partial charge in [-0.05, 0) is 46.7 Å². The van der Waals surface area contributed by atoms with Gasteiger partial charge in [0.15, 0.2) is 0 Å². The molecule has 0 radical (unpaired) electrons. The highest BCUT2D eigenvalue weighted by atomic mass is 127. The maximum atomic E-state index is 11.0. The number of rotatable bonds is 4. The average molecular weight is 354 g/mol. The fourth-order valence-corrected chi connectivity index (χ4v) is 2.20. The van der Waals surface area contributed by atoms with Crippen molar-refractivity contribution in [2.24, 2.45) is 5.92 Å². The summed E-state index contributed by atoms with van der Waals surface area (Å²) < 4.78 is 1.02. The Morgan fingerprint density at radius 2 is 2.12 bits per heavy atom. The summed E-state index contributed by atoms with van der Waals surface area (Å²) in [6, 6.07) is 4.85. The molecule has 0 aliphatic heterocycles. The van der Waals surface area contributed by atoms with Crippen LogP contribution in [0.2, 0.25) is 5.02 Å². The van der Waals surface area contributed by atoms with Gasteiger partial charge in [-0.15, -0.1) is 0 Å².